The number of amides is 1. The number of thiophene rings is 1. The van der Waals surface area contributed by atoms with Crippen LogP contribution in [0.1, 0.15) is 52.5 Å². The molecule has 1 aromatic carbocycles. The summed E-state index contributed by atoms with van der Waals surface area (Å²) in [6, 6.07) is 12.3. The first-order valence-corrected chi connectivity index (χ1v) is 10.5. The lowest BCUT2D eigenvalue weighted by atomic mass is 9.70. The van der Waals surface area contributed by atoms with Crippen molar-refractivity contribution < 1.29 is 14.3 Å². The lowest BCUT2D eigenvalue weighted by Gasteiger charge is -2.31. The third-order valence-corrected chi connectivity index (χ3v) is 6.71. The Balaban J connectivity index is 1.72. The second-order valence-corrected chi connectivity index (χ2v) is 8.53. The van der Waals surface area contributed by atoms with Crippen molar-refractivity contribution in [1.82, 2.24) is 0 Å². The van der Waals surface area contributed by atoms with Crippen LogP contribution in [0.4, 0.5) is 5.00 Å². The number of esters is 1. The van der Waals surface area contributed by atoms with Gasteiger partial charge in [-0.05, 0) is 43.7 Å². The van der Waals surface area contributed by atoms with Crippen molar-refractivity contribution >= 4 is 28.2 Å². The Labute approximate surface area is 168 Å². The van der Waals surface area contributed by atoms with E-state index in [0.29, 0.717) is 29.8 Å². The fraction of sp³-hybridized carbons (Fsp3) is 0.409. The number of carbonyl (C=O) groups is 2. The summed E-state index contributed by atoms with van der Waals surface area (Å²) in [5.41, 5.74) is 1.80. The van der Waals surface area contributed by atoms with Crippen molar-refractivity contribution in [3.05, 3.63) is 51.9 Å². The van der Waals surface area contributed by atoms with Crippen molar-refractivity contribution in [2.75, 3.05) is 11.9 Å². The second-order valence-electron chi connectivity index (χ2n) is 7.43. The highest BCUT2D eigenvalue weighted by atomic mass is 32.1. The maximum absolute atomic E-state index is 12.6. The Hall–Kier alpha value is -2.65. The van der Waals surface area contributed by atoms with Crippen LogP contribution in [0.5, 0.6) is 0 Å². The Morgan fingerprint density at radius 3 is 2.71 bits per heavy atom. The maximum atomic E-state index is 12.6. The van der Waals surface area contributed by atoms with E-state index in [1.165, 1.54) is 11.3 Å². The molecule has 1 aromatic heterocycles. The average molecular weight is 394 g/mol. The summed E-state index contributed by atoms with van der Waals surface area (Å²) in [4.78, 5) is 25.9. The summed E-state index contributed by atoms with van der Waals surface area (Å²) in [7, 11) is 0. The molecule has 144 valence electrons. The fourth-order valence-corrected chi connectivity index (χ4v) is 5.20. The molecule has 0 radical (unpaired) electrons. The number of anilines is 1. The third kappa shape index (κ3) is 3.31. The van der Waals surface area contributed by atoms with Gasteiger partial charge in [0.15, 0.2) is 0 Å². The molecule has 5 nitrogen and oxygen atoms in total. The van der Waals surface area contributed by atoms with Crippen LogP contribution >= 0.6 is 11.3 Å². The molecular formula is C22H22N2O3S. The number of nitrogens with one attached hydrogen (secondary N) is 1. The SMILES string of the molecule is CCOC(=O)c1c(NC(=O)C2CC2)sc2c1CCC(C#N)(c1ccccc1)C2. The average Bonchev–Trinajstić information content (AvgIpc) is 3.50. The summed E-state index contributed by atoms with van der Waals surface area (Å²) in [6.45, 7) is 2.06. The number of hydrogen-bond acceptors (Lipinski definition) is 5. The molecule has 1 unspecified atom stereocenters. The number of nitrogens with zero attached hydrogens (tertiary/aromatic N) is 1. The van der Waals surface area contributed by atoms with E-state index in [1.807, 2.05) is 30.3 Å². The molecule has 0 spiro atoms. The molecule has 1 amide bonds. The fourth-order valence-electron chi connectivity index (χ4n) is 3.85. The highest BCUT2D eigenvalue weighted by Crippen LogP contribution is 2.46. The first-order valence-electron chi connectivity index (χ1n) is 9.67. The van der Waals surface area contributed by atoms with E-state index in [-0.39, 0.29) is 18.4 Å². The van der Waals surface area contributed by atoms with Gasteiger partial charge in [-0.3, -0.25) is 4.79 Å². The van der Waals surface area contributed by atoms with Crippen LogP contribution in [-0.2, 0) is 27.8 Å². The van der Waals surface area contributed by atoms with E-state index in [2.05, 4.69) is 11.4 Å². The number of ether oxygens (including phenoxy) is 1. The van der Waals surface area contributed by atoms with Gasteiger partial charge in [-0.2, -0.15) is 5.26 Å². The molecule has 4 rings (SSSR count). The van der Waals surface area contributed by atoms with E-state index in [0.717, 1.165) is 28.8 Å². The Morgan fingerprint density at radius 1 is 1.32 bits per heavy atom. The molecule has 1 N–H and O–H groups in total. The molecule has 1 saturated carbocycles. The monoisotopic (exact) mass is 394 g/mol. The number of carbonyl (C=O) groups excluding carboxylic acids is 2. The molecule has 1 fully saturated rings. The summed E-state index contributed by atoms with van der Waals surface area (Å²) < 4.78 is 5.27. The van der Waals surface area contributed by atoms with Gasteiger partial charge in [0.2, 0.25) is 5.91 Å². The summed E-state index contributed by atoms with van der Waals surface area (Å²) >= 11 is 1.42. The smallest absolute Gasteiger partial charge is 0.341 e. The third-order valence-electron chi connectivity index (χ3n) is 5.56. The molecule has 0 bridgehead atoms. The Bertz CT molecular complexity index is 956. The molecule has 2 aliphatic rings. The highest BCUT2D eigenvalue weighted by molar-refractivity contribution is 7.17. The number of hydrogen-bond donors (Lipinski definition) is 1. The molecule has 2 aromatic rings. The summed E-state index contributed by atoms with van der Waals surface area (Å²) in [5.74, 6) is -0.370. The number of fused-ring (bicyclic) bond motifs is 1. The largest absolute Gasteiger partial charge is 0.462 e. The molecule has 1 heterocycles. The predicted molar refractivity (Wildman–Crippen MR) is 107 cm³/mol. The van der Waals surface area contributed by atoms with Crippen molar-refractivity contribution in [3.8, 4) is 6.07 Å². The van der Waals surface area contributed by atoms with Crippen LogP contribution in [0.2, 0.25) is 0 Å². The Kier molecular flexibility index (Phi) is 4.94. The number of rotatable bonds is 5. The van der Waals surface area contributed by atoms with Crippen molar-refractivity contribution in [2.24, 2.45) is 5.92 Å². The van der Waals surface area contributed by atoms with Gasteiger partial charge in [-0.1, -0.05) is 30.3 Å². The molecule has 2 aliphatic carbocycles. The minimum absolute atomic E-state index is 0.0289. The summed E-state index contributed by atoms with van der Waals surface area (Å²) in [6.07, 6.45) is 3.59. The maximum Gasteiger partial charge on any atom is 0.341 e. The normalized spacial score (nSPS) is 20.7. The lowest BCUT2D eigenvalue weighted by Crippen LogP contribution is -2.31. The summed E-state index contributed by atoms with van der Waals surface area (Å²) in [5, 5.41) is 13.5. The molecule has 0 saturated heterocycles. The van der Waals surface area contributed by atoms with Gasteiger partial charge in [0.1, 0.15) is 5.00 Å². The van der Waals surface area contributed by atoms with E-state index >= 15 is 0 Å². The zero-order valence-electron chi connectivity index (χ0n) is 15.8. The first kappa shape index (κ1) is 18.7. The van der Waals surface area contributed by atoms with Crippen LogP contribution in [0.25, 0.3) is 0 Å². The van der Waals surface area contributed by atoms with Crippen LogP contribution in [0, 0.1) is 17.2 Å². The van der Waals surface area contributed by atoms with Crippen LogP contribution < -0.4 is 5.32 Å². The zero-order chi connectivity index (χ0) is 19.7. The van der Waals surface area contributed by atoms with Gasteiger partial charge in [0, 0.05) is 17.2 Å². The predicted octanol–water partition coefficient (Wildman–Crippen LogP) is 4.22. The quantitative estimate of drug-likeness (QED) is 0.770. The Morgan fingerprint density at radius 2 is 2.07 bits per heavy atom. The van der Waals surface area contributed by atoms with Gasteiger partial charge in [0.25, 0.3) is 0 Å². The van der Waals surface area contributed by atoms with Crippen LogP contribution in [-0.4, -0.2) is 18.5 Å². The van der Waals surface area contributed by atoms with Gasteiger partial charge in [-0.15, -0.1) is 11.3 Å². The van der Waals surface area contributed by atoms with Crippen LogP contribution in [0.3, 0.4) is 0 Å². The van der Waals surface area contributed by atoms with Crippen molar-refractivity contribution in [3.63, 3.8) is 0 Å². The molecule has 6 heteroatoms. The van der Waals surface area contributed by atoms with Gasteiger partial charge in [-0.25, -0.2) is 4.79 Å². The molecule has 1 atom stereocenters. The van der Waals surface area contributed by atoms with E-state index in [1.54, 1.807) is 6.92 Å². The minimum Gasteiger partial charge on any atom is -0.462 e. The molecule has 28 heavy (non-hydrogen) atoms. The molecular weight excluding hydrogens is 372 g/mol. The number of benzene rings is 1. The van der Waals surface area contributed by atoms with Crippen molar-refractivity contribution in [1.29, 1.82) is 5.26 Å². The van der Waals surface area contributed by atoms with Gasteiger partial charge < -0.3 is 10.1 Å². The standard InChI is InChI=1S/C22H22N2O3S/c1-2-27-21(26)18-16-10-11-22(13-23,15-6-4-3-5-7-15)12-17(16)28-20(18)24-19(25)14-8-9-14/h3-7,14H,2,8-12H2,1H3,(H,24,25). The minimum atomic E-state index is -0.608. The highest BCUT2D eigenvalue weighted by Gasteiger charge is 2.41. The van der Waals surface area contributed by atoms with E-state index in [4.69, 9.17) is 4.74 Å². The van der Waals surface area contributed by atoms with Gasteiger partial charge >= 0.3 is 5.97 Å². The number of nitriles is 1. The van der Waals surface area contributed by atoms with Crippen molar-refractivity contribution in [2.45, 2.75) is 44.4 Å². The lowest BCUT2D eigenvalue weighted by molar-refractivity contribution is -0.117. The second kappa shape index (κ2) is 7.40. The molecule has 0 aliphatic heterocycles. The topological polar surface area (TPSA) is 79.2 Å². The zero-order valence-corrected chi connectivity index (χ0v) is 16.6. The van der Waals surface area contributed by atoms with Crippen LogP contribution in [0.15, 0.2) is 30.3 Å². The van der Waals surface area contributed by atoms with E-state index in [9.17, 15) is 14.9 Å². The van der Waals surface area contributed by atoms with Gasteiger partial charge in [0.05, 0.1) is 23.7 Å². The first-order chi connectivity index (χ1) is 13.6. The van der Waals surface area contributed by atoms with E-state index < -0.39 is 11.4 Å².